The van der Waals surface area contributed by atoms with Crippen LogP contribution in [-0.2, 0) is 21.0 Å². The van der Waals surface area contributed by atoms with Crippen LogP contribution in [0, 0.1) is 0 Å². The fourth-order valence-corrected chi connectivity index (χ4v) is 1.45. The first kappa shape index (κ1) is 11.0. The lowest BCUT2D eigenvalue weighted by Crippen LogP contribution is -2.14. The lowest BCUT2D eigenvalue weighted by molar-refractivity contribution is 0.402. The normalized spacial score (nSPS) is 11.3. The number of nitrogens with one attached hydrogen (secondary N) is 1. The summed E-state index contributed by atoms with van der Waals surface area (Å²) in [6.45, 7) is 0.364. The number of anilines is 1. The van der Waals surface area contributed by atoms with Gasteiger partial charge in [-0.2, -0.15) is 8.42 Å². The van der Waals surface area contributed by atoms with Gasteiger partial charge in [-0.15, -0.1) is 0 Å². The Morgan fingerprint density at radius 2 is 2.21 bits per heavy atom. The Bertz CT molecular complexity index is 403. The van der Waals surface area contributed by atoms with E-state index in [2.05, 4.69) is 8.91 Å². The fraction of sp³-hybridized carbons (Fsp3) is 0.250. The molecule has 0 saturated carbocycles. The highest BCUT2D eigenvalue weighted by atomic mass is 32.2. The summed E-state index contributed by atoms with van der Waals surface area (Å²) in [7, 11) is -2.60. The molecule has 1 aromatic rings. The van der Waals surface area contributed by atoms with Crippen LogP contribution in [-0.4, -0.2) is 15.5 Å². The highest BCUT2D eigenvalue weighted by Crippen LogP contribution is 2.11. The van der Waals surface area contributed by atoms with Crippen LogP contribution < -0.4 is 10.5 Å². The van der Waals surface area contributed by atoms with E-state index in [-0.39, 0.29) is 0 Å². The van der Waals surface area contributed by atoms with E-state index in [0.29, 0.717) is 12.2 Å². The van der Waals surface area contributed by atoms with Gasteiger partial charge in [-0.25, -0.2) is 0 Å². The SMILES string of the molecule is COS(=O)(=O)Nc1cccc(CN)c1. The first-order valence-electron chi connectivity index (χ1n) is 3.95. The summed E-state index contributed by atoms with van der Waals surface area (Å²) >= 11 is 0. The van der Waals surface area contributed by atoms with Crippen molar-refractivity contribution >= 4 is 16.0 Å². The summed E-state index contributed by atoms with van der Waals surface area (Å²) in [5, 5.41) is 0. The molecule has 0 atom stereocenters. The Hall–Kier alpha value is -1.11. The van der Waals surface area contributed by atoms with Crippen molar-refractivity contribution in [2.45, 2.75) is 6.54 Å². The zero-order valence-corrected chi connectivity index (χ0v) is 8.54. The van der Waals surface area contributed by atoms with Crippen molar-refractivity contribution in [2.75, 3.05) is 11.8 Å². The molecule has 78 valence electrons. The van der Waals surface area contributed by atoms with Crippen molar-refractivity contribution in [1.29, 1.82) is 0 Å². The molecule has 0 radical (unpaired) electrons. The van der Waals surface area contributed by atoms with E-state index in [1.807, 2.05) is 6.07 Å². The average Bonchev–Trinajstić information content (AvgIpc) is 2.17. The second kappa shape index (κ2) is 4.41. The first-order chi connectivity index (χ1) is 6.57. The molecule has 0 aliphatic heterocycles. The van der Waals surface area contributed by atoms with Crippen molar-refractivity contribution < 1.29 is 12.6 Å². The van der Waals surface area contributed by atoms with Crippen molar-refractivity contribution in [3.8, 4) is 0 Å². The van der Waals surface area contributed by atoms with E-state index in [1.54, 1.807) is 18.2 Å². The van der Waals surface area contributed by atoms with E-state index >= 15 is 0 Å². The minimum atomic E-state index is -3.69. The Morgan fingerprint density at radius 3 is 2.79 bits per heavy atom. The van der Waals surface area contributed by atoms with E-state index < -0.39 is 10.3 Å². The van der Waals surface area contributed by atoms with E-state index in [0.717, 1.165) is 12.7 Å². The monoisotopic (exact) mass is 216 g/mol. The predicted octanol–water partition coefficient (Wildman–Crippen LogP) is 0.448. The topological polar surface area (TPSA) is 81.4 Å². The zero-order valence-electron chi connectivity index (χ0n) is 7.73. The molecular formula is C8H12N2O3S. The van der Waals surface area contributed by atoms with Gasteiger partial charge >= 0.3 is 10.3 Å². The molecule has 0 bridgehead atoms. The molecule has 0 heterocycles. The molecule has 0 saturated heterocycles. The number of hydrogen-bond donors (Lipinski definition) is 2. The molecule has 6 heteroatoms. The number of hydrogen-bond acceptors (Lipinski definition) is 4. The molecule has 0 aromatic heterocycles. The maximum atomic E-state index is 11.0. The lowest BCUT2D eigenvalue weighted by atomic mass is 10.2. The predicted molar refractivity (Wildman–Crippen MR) is 53.9 cm³/mol. The minimum absolute atomic E-state index is 0.364. The molecule has 0 aliphatic carbocycles. The van der Waals surface area contributed by atoms with E-state index in [9.17, 15) is 8.42 Å². The Balaban J connectivity index is 2.87. The molecule has 1 rings (SSSR count). The van der Waals surface area contributed by atoms with Gasteiger partial charge in [0.1, 0.15) is 0 Å². The molecule has 0 unspecified atom stereocenters. The molecule has 0 aliphatic rings. The Morgan fingerprint density at radius 1 is 1.50 bits per heavy atom. The maximum Gasteiger partial charge on any atom is 0.359 e. The summed E-state index contributed by atoms with van der Waals surface area (Å²) in [6.07, 6.45) is 0. The fourth-order valence-electron chi connectivity index (χ4n) is 0.948. The van der Waals surface area contributed by atoms with Gasteiger partial charge in [0.15, 0.2) is 0 Å². The third kappa shape index (κ3) is 2.99. The van der Waals surface area contributed by atoms with Crippen LogP contribution in [0.1, 0.15) is 5.56 Å². The van der Waals surface area contributed by atoms with Crippen LogP contribution in [0.5, 0.6) is 0 Å². The van der Waals surface area contributed by atoms with Crippen LogP contribution >= 0.6 is 0 Å². The lowest BCUT2D eigenvalue weighted by Gasteiger charge is -2.06. The van der Waals surface area contributed by atoms with Gasteiger partial charge in [0, 0.05) is 6.54 Å². The standard InChI is InChI=1S/C8H12N2O3S/c1-13-14(11,12)10-8-4-2-3-7(5-8)6-9/h2-5,10H,6,9H2,1H3. The molecule has 0 amide bonds. The molecule has 14 heavy (non-hydrogen) atoms. The van der Waals surface area contributed by atoms with Gasteiger partial charge in [-0.1, -0.05) is 12.1 Å². The Kier molecular flexibility index (Phi) is 3.45. The van der Waals surface area contributed by atoms with Crippen molar-refractivity contribution in [3.05, 3.63) is 29.8 Å². The van der Waals surface area contributed by atoms with Crippen LogP contribution in [0.4, 0.5) is 5.69 Å². The Labute approximate surface area is 83.1 Å². The largest absolute Gasteiger partial charge is 0.359 e. The van der Waals surface area contributed by atoms with Crippen molar-refractivity contribution in [2.24, 2.45) is 5.73 Å². The minimum Gasteiger partial charge on any atom is -0.326 e. The van der Waals surface area contributed by atoms with Gasteiger partial charge in [0.2, 0.25) is 0 Å². The quantitative estimate of drug-likeness (QED) is 0.765. The number of benzene rings is 1. The van der Waals surface area contributed by atoms with Gasteiger partial charge in [0.05, 0.1) is 12.8 Å². The second-order valence-electron chi connectivity index (χ2n) is 2.63. The maximum absolute atomic E-state index is 11.0. The molecule has 0 fully saturated rings. The average molecular weight is 216 g/mol. The van der Waals surface area contributed by atoms with Crippen molar-refractivity contribution in [3.63, 3.8) is 0 Å². The third-order valence-corrected chi connectivity index (χ3v) is 2.55. The van der Waals surface area contributed by atoms with E-state index in [4.69, 9.17) is 5.73 Å². The molecular weight excluding hydrogens is 204 g/mol. The highest BCUT2D eigenvalue weighted by molar-refractivity contribution is 7.88. The molecule has 0 spiro atoms. The first-order valence-corrected chi connectivity index (χ1v) is 5.35. The summed E-state index contributed by atoms with van der Waals surface area (Å²) < 4.78 is 28.5. The van der Waals surface area contributed by atoms with Gasteiger partial charge in [-0.05, 0) is 17.7 Å². The third-order valence-electron chi connectivity index (χ3n) is 1.62. The molecule has 1 aromatic carbocycles. The smallest absolute Gasteiger partial charge is 0.326 e. The molecule has 5 nitrogen and oxygen atoms in total. The van der Waals surface area contributed by atoms with Crippen LogP contribution in [0.3, 0.4) is 0 Å². The summed E-state index contributed by atoms with van der Waals surface area (Å²) in [5.41, 5.74) is 6.69. The highest BCUT2D eigenvalue weighted by Gasteiger charge is 2.07. The summed E-state index contributed by atoms with van der Waals surface area (Å²) in [6, 6.07) is 6.80. The van der Waals surface area contributed by atoms with Crippen LogP contribution in [0.25, 0.3) is 0 Å². The number of rotatable bonds is 4. The second-order valence-corrected chi connectivity index (χ2v) is 4.07. The summed E-state index contributed by atoms with van der Waals surface area (Å²) in [4.78, 5) is 0. The summed E-state index contributed by atoms with van der Waals surface area (Å²) in [5.74, 6) is 0. The van der Waals surface area contributed by atoms with Gasteiger partial charge < -0.3 is 5.73 Å². The van der Waals surface area contributed by atoms with E-state index in [1.165, 1.54) is 0 Å². The van der Waals surface area contributed by atoms with Gasteiger partial charge in [-0.3, -0.25) is 8.91 Å². The van der Waals surface area contributed by atoms with Crippen molar-refractivity contribution in [1.82, 2.24) is 0 Å². The molecule has 3 N–H and O–H groups in total. The van der Waals surface area contributed by atoms with Crippen LogP contribution in [0.15, 0.2) is 24.3 Å². The zero-order chi connectivity index (χ0) is 10.6. The number of nitrogens with two attached hydrogens (primary N) is 1. The van der Waals surface area contributed by atoms with Gasteiger partial charge in [0.25, 0.3) is 0 Å². The van der Waals surface area contributed by atoms with Crippen LogP contribution in [0.2, 0.25) is 0 Å².